The second-order valence-electron chi connectivity index (χ2n) is 6.43. The molecule has 2 N–H and O–H groups in total. The molecule has 1 heterocycles. The summed E-state index contributed by atoms with van der Waals surface area (Å²) in [6.07, 6.45) is 0. The van der Waals surface area contributed by atoms with Gasteiger partial charge < -0.3 is 14.6 Å². The maximum Gasteiger partial charge on any atom is 0.340 e. The van der Waals surface area contributed by atoms with Gasteiger partial charge in [0.1, 0.15) is 0 Å². The van der Waals surface area contributed by atoms with E-state index in [1.807, 2.05) is 38.1 Å². The Kier molecular flexibility index (Phi) is 6.39. The summed E-state index contributed by atoms with van der Waals surface area (Å²) in [5.41, 5.74) is 7.24. The zero-order valence-corrected chi connectivity index (χ0v) is 16.6. The summed E-state index contributed by atoms with van der Waals surface area (Å²) >= 11 is 0. The van der Waals surface area contributed by atoms with Gasteiger partial charge in [-0.3, -0.25) is 4.79 Å². The molecule has 1 amide bonds. The number of hydrogen-bond acceptors (Lipinski definition) is 5. The SMILES string of the molecule is CCOC(=O)c1c(C)[nH]c(/C(C)=N/NC(=O)c2cccc(N(C)C)c2)c1C. The van der Waals surface area contributed by atoms with Crippen LogP contribution in [0, 0.1) is 13.8 Å². The van der Waals surface area contributed by atoms with Crippen molar-refractivity contribution in [1.82, 2.24) is 10.4 Å². The third-order valence-electron chi connectivity index (χ3n) is 4.23. The largest absolute Gasteiger partial charge is 0.462 e. The van der Waals surface area contributed by atoms with Crippen molar-refractivity contribution in [2.45, 2.75) is 27.7 Å². The molecule has 0 aliphatic carbocycles. The van der Waals surface area contributed by atoms with Crippen LogP contribution in [0.1, 0.15) is 51.5 Å². The number of hydrogen-bond donors (Lipinski definition) is 2. The van der Waals surface area contributed by atoms with Gasteiger partial charge in [-0.15, -0.1) is 0 Å². The minimum Gasteiger partial charge on any atom is -0.462 e. The van der Waals surface area contributed by atoms with Crippen LogP contribution in [0.3, 0.4) is 0 Å². The van der Waals surface area contributed by atoms with Crippen LogP contribution in [0.4, 0.5) is 5.69 Å². The number of hydrazone groups is 1. The number of ether oxygens (including phenoxy) is 1. The summed E-state index contributed by atoms with van der Waals surface area (Å²) in [6, 6.07) is 7.28. The topological polar surface area (TPSA) is 86.8 Å². The summed E-state index contributed by atoms with van der Waals surface area (Å²) in [5, 5.41) is 4.19. The van der Waals surface area contributed by atoms with Gasteiger partial charge in [-0.25, -0.2) is 10.2 Å². The average molecular weight is 370 g/mol. The number of aromatic amines is 1. The number of carbonyl (C=O) groups excluding carboxylic acids is 2. The number of H-pyrrole nitrogens is 1. The van der Waals surface area contributed by atoms with Crippen molar-refractivity contribution in [2.75, 3.05) is 25.6 Å². The lowest BCUT2D eigenvalue weighted by molar-refractivity contribution is 0.0525. The second kappa shape index (κ2) is 8.53. The summed E-state index contributed by atoms with van der Waals surface area (Å²) in [5.74, 6) is -0.670. The molecule has 7 heteroatoms. The van der Waals surface area contributed by atoms with Gasteiger partial charge in [-0.2, -0.15) is 5.10 Å². The average Bonchev–Trinajstić information content (AvgIpc) is 2.94. The number of aromatic nitrogens is 1. The standard InChI is InChI=1S/C20H26N4O3/c1-7-27-20(26)17-12(2)18(21-13(17)3)14(4)22-23-19(25)15-9-8-10-16(11-15)24(5)6/h8-11,21H,7H2,1-6H3,(H,23,25)/b22-14+. The first-order valence-electron chi connectivity index (χ1n) is 8.74. The smallest absolute Gasteiger partial charge is 0.340 e. The number of nitrogens with zero attached hydrogens (tertiary/aromatic N) is 2. The van der Waals surface area contributed by atoms with Gasteiger partial charge in [0.05, 0.1) is 23.6 Å². The Labute approximate surface area is 159 Å². The van der Waals surface area contributed by atoms with E-state index in [1.165, 1.54) is 0 Å². The highest BCUT2D eigenvalue weighted by Crippen LogP contribution is 2.20. The Balaban J connectivity index is 2.21. The fourth-order valence-corrected chi connectivity index (χ4v) is 2.80. The van der Waals surface area contributed by atoms with Crippen molar-refractivity contribution in [2.24, 2.45) is 5.10 Å². The lowest BCUT2D eigenvalue weighted by atomic mass is 10.1. The first kappa shape index (κ1) is 20.2. The van der Waals surface area contributed by atoms with Crippen LogP contribution in [0.15, 0.2) is 29.4 Å². The molecule has 1 aromatic carbocycles. The molecule has 0 unspecified atom stereocenters. The van der Waals surface area contributed by atoms with E-state index in [9.17, 15) is 9.59 Å². The highest BCUT2D eigenvalue weighted by atomic mass is 16.5. The lowest BCUT2D eigenvalue weighted by Crippen LogP contribution is -2.20. The molecule has 0 bridgehead atoms. The third kappa shape index (κ3) is 4.55. The van der Waals surface area contributed by atoms with Crippen molar-refractivity contribution in [3.05, 3.63) is 52.3 Å². The van der Waals surface area contributed by atoms with Gasteiger partial charge in [0.2, 0.25) is 0 Å². The normalized spacial score (nSPS) is 11.3. The maximum atomic E-state index is 12.4. The Morgan fingerprint density at radius 2 is 1.96 bits per heavy atom. The first-order chi connectivity index (χ1) is 12.8. The fourth-order valence-electron chi connectivity index (χ4n) is 2.80. The van der Waals surface area contributed by atoms with Gasteiger partial charge in [0, 0.05) is 31.0 Å². The highest BCUT2D eigenvalue weighted by molar-refractivity contribution is 6.04. The number of amides is 1. The molecule has 0 radical (unpaired) electrons. The Bertz CT molecular complexity index is 881. The molecule has 0 aliphatic heterocycles. The van der Waals surface area contributed by atoms with Crippen molar-refractivity contribution in [3.63, 3.8) is 0 Å². The number of aryl methyl sites for hydroxylation is 1. The van der Waals surface area contributed by atoms with E-state index in [0.717, 1.165) is 11.3 Å². The van der Waals surface area contributed by atoms with Crippen LogP contribution in [0.2, 0.25) is 0 Å². The van der Waals surface area contributed by atoms with E-state index >= 15 is 0 Å². The monoisotopic (exact) mass is 370 g/mol. The molecule has 144 valence electrons. The molecule has 7 nitrogen and oxygen atoms in total. The molecule has 0 saturated carbocycles. The number of rotatable bonds is 6. The Morgan fingerprint density at radius 1 is 1.26 bits per heavy atom. The van der Waals surface area contributed by atoms with Crippen LogP contribution in [-0.4, -0.2) is 43.3 Å². The van der Waals surface area contributed by atoms with Gasteiger partial charge in [-0.05, 0) is 51.5 Å². The van der Waals surface area contributed by atoms with E-state index in [2.05, 4.69) is 15.5 Å². The Hall–Kier alpha value is -3.09. The van der Waals surface area contributed by atoms with Gasteiger partial charge in [0.15, 0.2) is 0 Å². The highest BCUT2D eigenvalue weighted by Gasteiger charge is 2.20. The van der Waals surface area contributed by atoms with Crippen LogP contribution >= 0.6 is 0 Å². The summed E-state index contributed by atoms with van der Waals surface area (Å²) < 4.78 is 5.10. The van der Waals surface area contributed by atoms with Crippen LogP contribution in [-0.2, 0) is 4.74 Å². The number of esters is 1. The Morgan fingerprint density at radius 3 is 2.59 bits per heavy atom. The van der Waals surface area contributed by atoms with Crippen molar-refractivity contribution < 1.29 is 14.3 Å². The van der Waals surface area contributed by atoms with E-state index in [0.29, 0.717) is 34.8 Å². The quantitative estimate of drug-likeness (QED) is 0.465. The predicted molar refractivity (Wildman–Crippen MR) is 107 cm³/mol. The molecule has 0 saturated heterocycles. The van der Waals surface area contributed by atoms with E-state index < -0.39 is 0 Å². The van der Waals surface area contributed by atoms with Crippen LogP contribution in [0.25, 0.3) is 0 Å². The summed E-state index contributed by atoms with van der Waals surface area (Å²) in [7, 11) is 3.83. The fraction of sp³-hybridized carbons (Fsp3) is 0.350. The molecule has 2 aromatic rings. The minimum absolute atomic E-state index is 0.301. The second-order valence-corrected chi connectivity index (χ2v) is 6.43. The van der Waals surface area contributed by atoms with Gasteiger partial charge in [-0.1, -0.05) is 6.07 Å². The van der Waals surface area contributed by atoms with E-state index in [4.69, 9.17) is 4.74 Å². The molecule has 27 heavy (non-hydrogen) atoms. The number of anilines is 1. The van der Waals surface area contributed by atoms with Crippen LogP contribution in [0.5, 0.6) is 0 Å². The van der Waals surface area contributed by atoms with Crippen molar-refractivity contribution >= 4 is 23.3 Å². The number of benzene rings is 1. The first-order valence-corrected chi connectivity index (χ1v) is 8.74. The molecular formula is C20H26N4O3. The summed E-state index contributed by atoms with van der Waals surface area (Å²) in [4.78, 5) is 29.6. The molecule has 1 aromatic heterocycles. The number of nitrogens with one attached hydrogen (secondary N) is 2. The van der Waals surface area contributed by atoms with Crippen molar-refractivity contribution in [1.29, 1.82) is 0 Å². The molecule has 0 aliphatic rings. The number of carbonyl (C=O) groups is 2. The molecule has 0 fully saturated rings. The zero-order valence-electron chi connectivity index (χ0n) is 16.6. The third-order valence-corrected chi connectivity index (χ3v) is 4.23. The zero-order chi connectivity index (χ0) is 20.1. The van der Waals surface area contributed by atoms with E-state index in [1.54, 1.807) is 32.9 Å². The van der Waals surface area contributed by atoms with E-state index in [-0.39, 0.29) is 11.9 Å². The molecule has 0 atom stereocenters. The molecule has 2 rings (SSSR count). The maximum absolute atomic E-state index is 12.4. The van der Waals surface area contributed by atoms with Gasteiger partial charge in [0.25, 0.3) is 5.91 Å². The predicted octanol–water partition coefficient (Wildman–Crippen LogP) is 3.03. The molecular weight excluding hydrogens is 344 g/mol. The summed E-state index contributed by atoms with van der Waals surface area (Å²) in [6.45, 7) is 7.48. The lowest BCUT2D eigenvalue weighted by Gasteiger charge is -2.13. The van der Waals surface area contributed by atoms with Crippen LogP contribution < -0.4 is 10.3 Å². The minimum atomic E-state index is -0.368. The van der Waals surface area contributed by atoms with Gasteiger partial charge >= 0.3 is 5.97 Å². The molecule has 0 spiro atoms. The van der Waals surface area contributed by atoms with Crippen molar-refractivity contribution in [3.8, 4) is 0 Å².